The predicted molar refractivity (Wildman–Crippen MR) is 113 cm³/mol. The highest BCUT2D eigenvalue weighted by molar-refractivity contribution is 5.92. The molecule has 1 aliphatic heterocycles. The van der Waals surface area contributed by atoms with Crippen molar-refractivity contribution in [2.75, 3.05) is 13.1 Å². The van der Waals surface area contributed by atoms with Gasteiger partial charge in [0.05, 0.1) is 6.20 Å². The van der Waals surface area contributed by atoms with E-state index in [-0.39, 0.29) is 23.1 Å². The van der Waals surface area contributed by atoms with Gasteiger partial charge in [0.15, 0.2) is 0 Å². The van der Waals surface area contributed by atoms with Gasteiger partial charge in [0.25, 0.3) is 5.91 Å². The molecule has 2 aromatic rings. The Balaban J connectivity index is 1.29. The molecule has 6 nitrogen and oxygen atoms in total. The summed E-state index contributed by atoms with van der Waals surface area (Å²) >= 11 is 0. The average Bonchev–Trinajstić information content (AvgIpc) is 3.05. The molecule has 5 rings (SSSR count). The van der Waals surface area contributed by atoms with Gasteiger partial charge in [-0.3, -0.25) is 14.6 Å². The van der Waals surface area contributed by atoms with Crippen LogP contribution in [0.3, 0.4) is 0 Å². The fraction of sp³-hybridized carbons (Fsp3) is 0.500. The Hall–Kier alpha value is -2.76. The molecule has 6 heteroatoms. The Morgan fingerprint density at radius 2 is 1.93 bits per heavy atom. The predicted octanol–water partition coefficient (Wildman–Crippen LogP) is 3.20. The van der Waals surface area contributed by atoms with Crippen molar-refractivity contribution < 1.29 is 9.59 Å². The molecule has 1 atom stereocenters. The minimum Gasteiger partial charge on any atom is -0.353 e. The zero-order valence-electron chi connectivity index (χ0n) is 17.2. The van der Waals surface area contributed by atoms with E-state index in [0.29, 0.717) is 31.2 Å². The van der Waals surface area contributed by atoms with E-state index < -0.39 is 0 Å². The van der Waals surface area contributed by atoms with Crippen LogP contribution in [0.5, 0.6) is 0 Å². The molecule has 1 N–H and O–H groups in total. The van der Waals surface area contributed by atoms with Crippen LogP contribution >= 0.6 is 0 Å². The Morgan fingerprint density at radius 1 is 1.13 bits per heavy atom. The van der Waals surface area contributed by atoms with E-state index >= 15 is 0 Å². The maximum atomic E-state index is 12.8. The molecule has 2 amide bonds. The van der Waals surface area contributed by atoms with Crippen LogP contribution in [-0.2, 0) is 10.2 Å². The smallest absolute Gasteiger partial charge is 0.274 e. The molecule has 2 fully saturated rings. The van der Waals surface area contributed by atoms with Crippen LogP contribution in [0.4, 0.5) is 0 Å². The minimum atomic E-state index is -0.0411. The van der Waals surface area contributed by atoms with Gasteiger partial charge in [-0.05, 0) is 61.0 Å². The van der Waals surface area contributed by atoms with Gasteiger partial charge in [-0.15, -0.1) is 0 Å². The summed E-state index contributed by atoms with van der Waals surface area (Å²) in [6.45, 7) is 1.43. The molecule has 1 unspecified atom stereocenters. The first kappa shape index (κ1) is 19.2. The van der Waals surface area contributed by atoms with Crippen molar-refractivity contribution in [3.8, 4) is 0 Å². The summed E-state index contributed by atoms with van der Waals surface area (Å²) in [5.41, 5.74) is 3.19. The maximum Gasteiger partial charge on any atom is 0.274 e. The topological polar surface area (TPSA) is 75.2 Å². The molecule has 1 aromatic carbocycles. The van der Waals surface area contributed by atoms with E-state index in [2.05, 4.69) is 39.6 Å². The van der Waals surface area contributed by atoms with Gasteiger partial charge in [-0.25, -0.2) is 4.98 Å². The zero-order chi connectivity index (χ0) is 20.6. The monoisotopic (exact) mass is 404 g/mol. The molecular weight excluding hydrogens is 376 g/mol. The normalized spacial score (nSPS) is 22.4. The van der Waals surface area contributed by atoms with Crippen LogP contribution in [0.25, 0.3) is 0 Å². The van der Waals surface area contributed by atoms with Gasteiger partial charge in [0.1, 0.15) is 5.69 Å². The lowest BCUT2D eigenvalue weighted by atomic mass is 9.73. The molecule has 2 aliphatic carbocycles. The Bertz CT molecular complexity index is 933. The van der Waals surface area contributed by atoms with E-state index in [0.717, 1.165) is 32.1 Å². The van der Waals surface area contributed by atoms with Crippen LogP contribution in [0.15, 0.2) is 42.9 Å². The fourth-order valence-corrected chi connectivity index (χ4v) is 5.46. The molecule has 3 aliphatic rings. The number of amides is 2. The van der Waals surface area contributed by atoms with E-state index in [4.69, 9.17) is 0 Å². The summed E-state index contributed by atoms with van der Waals surface area (Å²) < 4.78 is 0. The van der Waals surface area contributed by atoms with Crippen molar-refractivity contribution >= 4 is 11.8 Å². The Morgan fingerprint density at radius 3 is 2.63 bits per heavy atom. The zero-order valence-corrected chi connectivity index (χ0v) is 17.2. The van der Waals surface area contributed by atoms with Gasteiger partial charge < -0.3 is 10.2 Å². The lowest BCUT2D eigenvalue weighted by Crippen LogP contribution is -2.44. The molecule has 156 valence electrons. The molecule has 1 spiro atoms. The number of benzene rings is 1. The molecule has 1 saturated carbocycles. The van der Waals surface area contributed by atoms with Crippen molar-refractivity contribution in [3.05, 3.63) is 59.7 Å². The third kappa shape index (κ3) is 3.48. The summed E-state index contributed by atoms with van der Waals surface area (Å²) in [6.07, 6.45) is 11.6. The number of aromatic nitrogens is 2. The van der Waals surface area contributed by atoms with Crippen LogP contribution in [-0.4, -0.2) is 45.8 Å². The van der Waals surface area contributed by atoms with E-state index in [1.807, 2.05) is 4.90 Å². The summed E-state index contributed by atoms with van der Waals surface area (Å²) in [7, 11) is 0. The second kappa shape index (κ2) is 7.82. The highest BCUT2D eigenvalue weighted by Gasteiger charge is 2.46. The first-order chi connectivity index (χ1) is 14.6. The lowest BCUT2D eigenvalue weighted by molar-refractivity contribution is -0.122. The summed E-state index contributed by atoms with van der Waals surface area (Å²) in [5.74, 6) is 0.413. The molecule has 0 radical (unpaired) electrons. The highest BCUT2D eigenvalue weighted by Crippen LogP contribution is 2.52. The average molecular weight is 405 g/mol. The van der Waals surface area contributed by atoms with E-state index in [1.165, 1.54) is 23.7 Å². The van der Waals surface area contributed by atoms with Crippen LogP contribution in [0.2, 0.25) is 0 Å². The Kier molecular flexibility index (Phi) is 5.01. The molecule has 1 saturated heterocycles. The number of fused-ring (bicyclic) bond motifs is 2. The van der Waals surface area contributed by atoms with Crippen molar-refractivity contribution in [1.29, 1.82) is 0 Å². The second-order valence-electron chi connectivity index (χ2n) is 9.05. The Labute approximate surface area is 177 Å². The van der Waals surface area contributed by atoms with Crippen molar-refractivity contribution in [3.63, 3.8) is 0 Å². The van der Waals surface area contributed by atoms with Crippen molar-refractivity contribution in [2.24, 2.45) is 0 Å². The molecule has 0 bridgehead atoms. The minimum absolute atomic E-state index is 0.0411. The number of nitrogens with one attached hydrogen (secondary N) is 1. The van der Waals surface area contributed by atoms with Crippen LogP contribution in [0.1, 0.15) is 72.5 Å². The van der Waals surface area contributed by atoms with E-state index in [1.54, 1.807) is 12.4 Å². The second-order valence-corrected chi connectivity index (χ2v) is 9.05. The molecular formula is C24H28N4O2. The lowest BCUT2D eigenvalue weighted by Gasteiger charge is -2.40. The number of hydrogen-bond acceptors (Lipinski definition) is 4. The third-order valence-electron chi connectivity index (χ3n) is 7.30. The molecule has 1 aromatic heterocycles. The standard InChI is InChI=1S/C24H28N4O2/c29-22(27-18-4-3-5-18)14-17-15-24(20-7-2-1-6-19(17)20)8-12-28(13-9-24)23(30)21-16-25-10-11-26-21/h1-2,6-7,10-11,16-18H,3-5,8-9,12-15H2,(H,27,29). The van der Waals surface area contributed by atoms with Gasteiger partial charge >= 0.3 is 0 Å². The maximum absolute atomic E-state index is 12.8. The summed E-state index contributed by atoms with van der Waals surface area (Å²) in [4.78, 5) is 35.4. The van der Waals surface area contributed by atoms with Crippen molar-refractivity contribution in [1.82, 2.24) is 20.2 Å². The number of rotatable bonds is 4. The first-order valence-corrected chi connectivity index (χ1v) is 11.1. The summed E-state index contributed by atoms with van der Waals surface area (Å²) in [6, 6.07) is 9.01. The highest BCUT2D eigenvalue weighted by atomic mass is 16.2. The number of piperidine rings is 1. The quantitative estimate of drug-likeness (QED) is 0.849. The van der Waals surface area contributed by atoms with Gasteiger partial charge in [-0.1, -0.05) is 24.3 Å². The SMILES string of the molecule is O=C(CC1CC2(CCN(C(=O)c3cnccn3)CC2)c2ccccc21)NC1CCC1. The van der Waals surface area contributed by atoms with Crippen LogP contribution < -0.4 is 5.32 Å². The van der Waals surface area contributed by atoms with Crippen LogP contribution in [0, 0.1) is 0 Å². The largest absolute Gasteiger partial charge is 0.353 e. The van der Waals surface area contributed by atoms with Gasteiger partial charge in [0, 0.05) is 37.9 Å². The number of carbonyl (C=O) groups is 2. The number of carbonyl (C=O) groups excluding carboxylic acids is 2. The molecule has 30 heavy (non-hydrogen) atoms. The number of hydrogen-bond donors (Lipinski definition) is 1. The van der Waals surface area contributed by atoms with Gasteiger partial charge in [-0.2, -0.15) is 0 Å². The van der Waals surface area contributed by atoms with Gasteiger partial charge in [0.2, 0.25) is 5.91 Å². The number of nitrogens with zero attached hydrogens (tertiary/aromatic N) is 3. The third-order valence-corrected chi connectivity index (χ3v) is 7.30. The number of likely N-dealkylation sites (tertiary alicyclic amines) is 1. The fourth-order valence-electron chi connectivity index (χ4n) is 5.46. The first-order valence-electron chi connectivity index (χ1n) is 11.1. The van der Waals surface area contributed by atoms with E-state index in [9.17, 15) is 9.59 Å². The molecule has 2 heterocycles. The van der Waals surface area contributed by atoms with Crippen molar-refractivity contribution in [2.45, 2.75) is 62.3 Å². The summed E-state index contributed by atoms with van der Waals surface area (Å²) in [5, 5.41) is 3.20.